The van der Waals surface area contributed by atoms with Crippen LogP contribution in [-0.4, -0.2) is 40.9 Å². The van der Waals surface area contributed by atoms with Crippen molar-refractivity contribution >= 4 is 12.0 Å². The number of rotatable bonds is 8. The molecule has 1 aliphatic carbocycles. The van der Waals surface area contributed by atoms with Crippen molar-refractivity contribution in [3.63, 3.8) is 0 Å². The molecule has 1 aromatic rings. The summed E-state index contributed by atoms with van der Waals surface area (Å²) in [5.41, 5.74) is 1.82. The molecule has 0 radical (unpaired) electrons. The van der Waals surface area contributed by atoms with Crippen LogP contribution in [0.1, 0.15) is 69.7 Å². The maximum Gasteiger partial charge on any atom is 0.407 e. The Bertz CT molecular complexity index is 737. The van der Waals surface area contributed by atoms with Gasteiger partial charge in [0.15, 0.2) is 0 Å². The number of aromatic amines is 1. The van der Waals surface area contributed by atoms with Gasteiger partial charge >= 0.3 is 6.09 Å². The Morgan fingerprint density at radius 1 is 1.04 bits per heavy atom. The Hall–Kier alpha value is -2.38. The number of carbonyl (C=O) groups is 2. The summed E-state index contributed by atoms with van der Waals surface area (Å²) in [6.45, 7) is 6.61. The summed E-state index contributed by atoms with van der Waals surface area (Å²) >= 11 is 0. The topological polar surface area (TPSA) is 113 Å². The molecule has 2 amide bonds. The van der Waals surface area contributed by atoms with E-state index in [-0.39, 0.29) is 17.9 Å². The third-order valence-corrected chi connectivity index (χ3v) is 4.55. The van der Waals surface area contributed by atoms with Crippen LogP contribution in [0, 0.1) is 0 Å². The molecule has 156 valence electrons. The smallest absolute Gasteiger partial charge is 0.407 e. The second-order valence-electron chi connectivity index (χ2n) is 8.18. The number of fused-ring (bicyclic) bond motifs is 1. The minimum absolute atomic E-state index is 0.0841. The molecule has 1 heterocycles. The van der Waals surface area contributed by atoms with Gasteiger partial charge in [-0.2, -0.15) is 5.10 Å². The van der Waals surface area contributed by atoms with E-state index >= 15 is 0 Å². The average molecular weight is 393 g/mol. The number of carbonyl (C=O) groups excluding carboxylic acids is 2. The molecule has 0 bridgehead atoms. The molecule has 0 aromatic carbocycles. The number of alkyl carbamates (subject to hydrolysis) is 1. The van der Waals surface area contributed by atoms with E-state index in [2.05, 4.69) is 20.8 Å². The number of nitrogens with zero attached hydrogens (tertiary/aromatic N) is 1. The standard InChI is InChI=1S/C20H32N4O4/c1-20(2,3)28-19(27)22-12-8-4-7-11-21-17(25)13-16-14-9-5-6-10-15(14)18(26)24-23-16/h4-13H2,1-3H3,(H,21,25)(H,22,27)(H,24,26). The van der Waals surface area contributed by atoms with Gasteiger partial charge in [0.25, 0.3) is 5.56 Å². The van der Waals surface area contributed by atoms with Crippen molar-refractivity contribution in [2.24, 2.45) is 0 Å². The van der Waals surface area contributed by atoms with Crippen LogP contribution in [0.4, 0.5) is 4.79 Å². The highest BCUT2D eigenvalue weighted by atomic mass is 16.6. The van der Waals surface area contributed by atoms with Gasteiger partial charge in [0.05, 0.1) is 12.1 Å². The van der Waals surface area contributed by atoms with Gasteiger partial charge in [0, 0.05) is 18.7 Å². The van der Waals surface area contributed by atoms with E-state index < -0.39 is 11.7 Å². The highest BCUT2D eigenvalue weighted by molar-refractivity contribution is 5.78. The third kappa shape index (κ3) is 7.32. The molecular formula is C20H32N4O4. The van der Waals surface area contributed by atoms with E-state index in [1.54, 1.807) is 0 Å². The molecule has 3 N–H and O–H groups in total. The van der Waals surface area contributed by atoms with Gasteiger partial charge in [-0.25, -0.2) is 9.89 Å². The van der Waals surface area contributed by atoms with Crippen LogP contribution in [-0.2, 0) is 28.8 Å². The molecule has 8 nitrogen and oxygen atoms in total. The predicted molar refractivity (Wildman–Crippen MR) is 106 cm³/mol. The largest absolute Gasteiger partial charge is 0.444 e. The normalized spacial score (nSPS) is 13.5. The van der Waals surface area contributed by atoms with Gasteiger partial charge in [-0.1, -0.05) is 0 Å². The van der Waals surface area contributed by atoms with Gasteiger partial charge in [0.1, 0.15) is 5.60 Å². The van der Waals surface area contributed by atoms with Gasteiger partial charge in [0.2, 0.25) is 5.91 Å². The average Bonchev–Trinajstić information content (AvgIpc) is 2.62. The van der Waals surface area contributed by atoms with Crippen LogP contribution in [0.25, 0.3) is 0 Å². The zero-order valence-corrected chi connectivity index (χ0v) is 17.2. The van der Waals surface area contributed by atoms with Crippen molar-refractivity contribution in [3.05, 3.63) is 27.2 Å². The Labute approximate surface area is 165 Å². The molecule has 28 heavy (non-hydrogen) atoms. The van der Waals surface area contributed by atoms with Crippen molar-refractivity contribution in [1.82, 2.24) is 20.8 Å². The summed E-state index contributed by atoms with van der Waals surface area (Å²) in [7, 11) is 0. The van der Waals surface area contributed by atoms with E-state index in [1.165, 1.54) is 0 Å². The van der Waals surface area contributed by atoms with Crippen LogP contribution in [0.3, 0.4) is 0 Å². The van der Waals surface area contributed by atoms with E-state index in [1.807, 2.05) is 20.8 Å². The van der Waals surface area contributed by atoms with E-state index in [4.69, 9.17) is 4.74 Å². The number of nitrogens with one attached hydrogen (secondary N) is 3. The minimum Gasteiger partial charge on any atom is -0.444 e. The van der Waals surface area contributed by atoms with Crippen LogP contribution in [0.5, 0.6) is 0 Å². The zero-order valence-electron chi connectivity index (χ0n) is 17.2. The fourth-order valence-corrected chi connectivity index (χ4v) is 3.25. The Morgan fingerprint density at radius 2 is 1.68 bits per heavy atom. The number of H-pyrrole nitrogens is 1. The van der Waals surface area contributed by atoms with Crippen molar-refractivity contribution in [2.75, 3.05) is 13.1 Å². The molecule has 1 aliphatic rings. The summed E-state index contributed by atoms with van der Waals surface area (Å²) in [6.07, 6.45) is 5.96. The van der Waals surface area contributed by atoms with E-state index in [0.29, 0.717) is 18.8 Å². The molecule has 0 unspecified atom stereocenters. The highest BCUT2D eigenvalue weighted by Crippen LogP contribution is 2.20. The highest BCUT2D eigenvalue weighted by Gasteiger charge is 2.19. The number of hydrogen-bond acceptors (Lipinski definition) is 5. The summed E-state index contributed by atoms with van der Waals surface area (Å²) in [5.74, 6) is -0.0841. The van der Waals surface area contributed by atoms with Crippen molar-refractivity contribution in [2.45, 2.75) is 77.7 Å². The lowest BCUT2D eigenvalue weighted by Gasteiger charge is -2.19. The molecule has 0 saturated carbocycles. The maximum absolute atomic E-state index is 12.2. The Morgan fingerprint density at radius 3 is 2.36 bits per heavy atom. The lowest BCUT2D eigenvalue weighted by Crippen LogP contribution is -2.33. The summed E-state index contributed by atoms with van der Waals surface area (Å²) in [6, 6.07) is 0. The monoisotopic (exact) mass is 392 g/mol. The molecule has 0 spiro atoms. The summed E-state index contributed by atoms with van der Waals surface area (Å²) in [5, 5.41) is 12.2. The summed E-state index contributed by atoms with van der Waals surface area (Å²) in [4.78, 5) is 35.5. The summed E-state index contributed by atoms with van der Waals surface area (Å²) < 4.78 is 5.17. The minimum atomic E-state index is -0.492. The molecule has 1 aromatic heterocycles. The first-order valence-electron chi connectivity index (χ1n) is 10.1. The van der Waals surface area contributed by atoms with Crippen LogP contribution in [0.2, 0.25) is 0 Å². The molecular weight excluding hydrogens is 360 g/mol. The van der Waals surface area contributed by atoms with Crippen LogP contribution < -0.4 is 16.2 Å². The number of ether oxygens (including phenoxy) is 1. The number of aromatic nitrogens is 2. The lowest BCUT2D eigenvalue weighted by atomic mass is 9.91. The van der Waals surface area contributed by atoms with Crippen molar-refractivity contribution < 1.29 is 14.3 Å². The predicted octanol–water partition coefficient (Wildman–Crippen LogP) is 2.00. The second kappa shape index (κ2) is 10.2. The van der Waals surface area contributed by atoms with Gasteiger partial charge in [-0.05, 0) is 71.3 Å². The zero-order chi connectivity index (χ0) is 20.6. The molecule has 0 saturated heterocycles. The quantitative estimate of drug-likeness (QED) is 0.586. The first-order valence-corrected chi connectivity index (χ1v) is 10.1. The third-order valence-electron chi connectivity index (χ3n) is 4.55. The van der Waals surface area contributed by atoms with Crippen molar-refractivity contribution in [3.8, 4) is 0 Å². The number of amides is 2. The van der Waals surface area contributed by atoms with Gasteiger partial charge in [-0.3, -0.25) is 9.59 Å². The lowest BCUT2D eigenvalue weighted by molar-refractivity contribution is -0.120. The molecule has 8 heteroatoms. The van der Waals surface area contributed by atoms with E-state index in [0.717, 1.165) is 56.1 Å². The van der Waals surface area contributed by atoms with Crippen molar-refractivity contribution in [1.29, 1.82) is 0 Å². The first-order chi connectivity index (χ1) is 13.3. The number of unbranched alkanes of at least 4 members (excludes halogenated alkanes) is 2. The van der Waals surface area contributed by atoms with E-state index in [9.17, 15) is 14.4 Å². The SMILES string of the molecule is CC(C)(C)OC(=O)NCCCCCNC(=O)Cc1n[nH]c(=O)c2c1CCCC2. The fraction of sp³-hybridized carbons (Fsp3) is 0.700. The Balaban J connectivity index is 1.62. The first kappa shape index (κ1) is 21.9. The van der Waals surface area contributed by atoms with Crippen LogP contribution in [0.15, 0.2) is 4.79 Å². The van der Waals surface area contributed by atoms with Gasteiger partial charge in [-0.15, -0.1) is 0 Å². The Kier molecular flexibility index (Phi) is 8.02. The maximum atomic E-state index is 12.2. The molecule has 0 atom stereocenters. The molecule has 2 rings (SSSR count). The molecule has 0 aliphatic heterocycles. The molecule has 0 fully saturated rings. The van der Waals surface area contributed by atoms with Gasteiger partial charge < -0.3 is 15.4 Å². The second-order valence-corrected chi connectivity index (χ2v) is 8.18. The number of hydrogen-bond donors (Lipinski definition) is 3. The fourth-order valence-electron chi connectivity index (χ4n) is 3.25. The van der Waals surface area contributed by atoms with Crippen LogP contribution >= 0.6 is 0 Å².